The maximum absolute atomic E-state index is 12.2. The molecule has 0 fully saturated rings. The van der Waals surface area contributed by atoms with E-state index in [2.05, 4.69) is 10.6 Å². The quantitative estimate of drug-likeness (QED) is 0.167. The Kier molecular flexibility index (Phi) is 12.6. The number of aryl methyl sites for hydroxylation is 1. The number of carbonyl (C=O) groups is 4. The zero-order valence-electron chi connectivity index (χ0n) is 25.0. The molecule has 6 rings (SSSR count). The van der Waals surface area contributed by atoms with Crippen LogP contribution in [0.25, 0.3) is 6.08 Å². The second-order valence-electron chi connectivity index (χ2n) is 10.5. The Morgan fingerprint density at radius 2 is 1.26 bits per heavy atom. The molecule has 0 saturated heterocycles. The minimum absolute atomic E-state index is 0. The highest BCUT2D eigenvalue weighted by Crippen LogP contribution is 2.37. The van der Waals surface area contributed by atoms with Gasteiger partial charge in [0.1, 0.15) is 10.0 Å². The first kappa shape index (κ1) is 35.2. The number of thiophene rings is 2. The number of nitrogens with two attached hydrogens (primary N) is 2. The van der Waals surface area contributed by atoms with E-state index < -0.39 is 11.8 Å². The smallest absolute Gasteiger partial charge is 0.251 e. The van der Waals surface area contributed by atoms with Crippen molar-refractivity contribution in [3.8, 4) is 0 Å². The van der Waals surface area contributed by atoms with E-state index in [1.807, 2.05) is 60.7 Å². The number of hydrogen-bond acceptors (Lipinski definition) is 8. The molecular formula is C35H38N4O6S2. The molecule has 0 saturated carbocycles. The largest absolute Gasteiger partial charge is 0.376 e. The first-order valence-corrected chi connectivity index (χ1v) is 16.4. The van der Waals surface area contributed by atoms with Gasteiger partial charge in [-0.25, -0.2) is 0 Å². The van der Waals surface area contributed by atoms with Crippen LogP contribution in [-0.4, -0.2) is 36.8 Å². The van der Waals surface area contributed by atoms with E-state index in [-0.39, 0.29) is 19.2 Å². The molecule has 0 unspecified atom stereocenters. The normalized spacial score (nSPS) is 13.3. The summed E-state index contributed by atoms with van der Waals surface area (Å²) in [6, 6.07) is 19.3. The summed E-state index contributed by atoms with van der Waals surface area (Å²) in [4.78, 5) is 49.7. The predicted molar refractivity (Wildman–Crippen MR) is 187 cm³/mol. The highest BCUT2D eigenvalue weighted by Gasteiger charge is 2.26. The first-order chi connectivity index (χ1) is 22.3. The van der Waals surface area contributed by atoms with E-state index in [1.165, 1.54) is 28.7 Å². The molecule has 47 heavy (non-hydrogen) atoms. The Labute approximate surface area is 281 Å². The molecule has 246 valence electrons. The minimum atomic E-state index is -0.522. The van der Waals surface area contributed by atoms with Crippen LogP contribution in [0.5, 0.6) is 0 Å². The SMILES string of the molecule is C.NC(=O)c1c(NC(=O)/C=C/c2ccccc2)sc2c1CCOC2.NC(=O)c1c(NC(=O)CCc2ccccc2)sc2c1CCOC2. The summed E-state index contributed by atoms with van der Waals surface area (Å²) in [7, 11) is 0. The van der Waals surface area contributed by atoms with Crippen molar-refractivity contribution < 1.29 is 28.7 Å². The molecule has 2 aliphatic rings. The molecule has 0 bridgehead atoms. The molecule has 0 atom stereocenters. The number of amides is 4. The van der Waals surface area contributed by atoms with E-state index in [0.717, 1.165) is 32.0 Å². The van der Waals surface area contributed by atoms with Gasteiger partial charge < -0.3 is 31.6 Å². The lowest BCUT2D eigenvalue weighted by atomic mass is 10.1. The van der Waals surface area contributed by atoms with Gasteiger partial charge in [-0.1, -0.05) is 68.1 Å². The molecule has 0 spiro atoms. The Bertz CT molecular complexity index is 1750. The number of fused-ring (bicyclic) bond motifs is 2. The molecule has 2 aliphatic heterocycles. The Balaban J connectivity index is 0.000000208. The van der Waals surface area contributed by atoms with Crippen molar-refractivity contribution in [2.24, 2.45) is 11.5 Å². The number of primary amides is 2. The van der Waals surface area contributed by atoms with Crippen molar-refractivity contribution in [3.63, 3.8) is 0 Å². The Hall–Kier alpha value is -4.62. The van der Waals surface area contributed by atoms with Gasteiger partial charge in [0, 0.05) is 22.3 Å². The Morgan fingerprint density at radius 3 is 1.79 bits per heavy atom. The molecule has 2 aromatic carbocycles. The molecule has 4 amide bonds. The number of hydrogen-bond donors (Lipinski definition) is 4. The fourth-order valence-electron chi connectivity index (χ4n) is 5.14. The van der Waals surface area contributed by atoms with Gasteiger partial charge in [-0.15, -0.1) is 22.7 Å². The number of carbonyl (C=O) groups excluding carboxylic acids is 4. The van der Waals surface area contributed by atoms with E-state index in [9.17, 15) is 19.2 Å². The molecule has 4 heterocycles. The van der Waals surface area contributed by atoms with Crippen LogP contribution in [0, 0.1) is 0 Å². The molecule has 4 aromatic rings. The molecule has 6 N–H and O–H groups in total. The van der Waals surface area contributed by atoms with Crippen LogP contribution in [0.4, 0.5) is 10.0 Å². The van der Waals surface area contributed by atoms with Crippen molar-refractivity contribution in [2.75, 3.05) is 23.8 Å². The van der Waals surface area contributed by atoms with Gasteiger partial charge in [0.05, 0.1) is 37.6 Å². The van der Waals surface area contributed by atoms with Gasteiger partial charge in [0.15, 0.2) is 0 Å². The van der Waals surface area contributed by atoms with Gasteiger partial charge in [-0.2, -0.15) is 0 Å². The van der Waals surface area contributed by atoms with Crippen LogP contribution in [0.2, 0.25) is 0 Å². The number of benzene rings is 2. The van der Waals surface area contributed by atoms with Crippen LogP contribution in [-0.2, 0) is 51.5 Å². The van der Waals surface area contributed by atoms with E-state index in [4.69, 9.17) is 20.9 Å². The summed E-state index contributed by atoms with van der Waals surface area (Å²) in [6.45, 7) is 2.06. The van der Waals surface area contributed by atoms with Gasteiger partial charge in [0.25, 0.3) is 11.8 Å². The zero-order chi connectivity index (χ0) is 32.5. The summed E-state index contributed by atoms with van der Waals surface area (Å²) in [5, 5.41) is 6.64. The zero-order valence-corrected chi connectivity index (χ0v) is 26.6. The van der Waals surface area contributed by atoms with Crippen molar-refractivity contribution in [2.45, 2.75) is 46.3 Å². The maximum Gasteiger partial charge on any atom is 0.251 e. The van der Waals surface area contributed by atoms with Crippen LogP contribution in [0.1, 0.15) is 66.6 Å². The first-order valence-electron chi connectivity index (χ1n) is 14.7. The van der Waals surface area contributed by atoms with Crippen LogP contribution in [0.3, 0.4) is 0 Å². The summed E-state index contributed by atoms with van der Waals surface area (Å²) in [5.41, 5.74) is 15.7. The van der Waals surface area contributed by atoms with Crippen molar-refractivity contribution in [1.29, 1.82) is 0 Å². The predicted octanol–water partition coefficient (Wildman–Crippen LogP) is 5.70. The van der Waals surface area contributed by atoms with Gasteiger partial charge >= 0.3 is 0 Å². The van der Waals surface area contributed by atoms with Crippen molar-refractivity contribution in [1.82, 2.24) is 0 Å². The van der Waals surface area contributed by atoms with Crippen molar-refractivity contribution >= 4 is 62.4 Å². The van der Waals surface area contributed by atoms with Crippen LogP contribution in [0.15, 0.2) is 66.7 Å². The van der Waals surface area contributed by atoms with E-state index in [0.29, 0.717) is 73.2 Å². The third-order valence-corrected chi connectivity index (χ3v) is 9.58. The van der Waals surface area contributed by atoms with Gasteiger partial charge in [-0.05, 0) is 47.6 Å². The van der Waals surface area contributed by atoms with Gasteiger partial charge in [0.2, 0.25) is 11.8 Å². The second kappa shape index (κ2) is 16.8. The number of nitrogens with one attached hydrogen (secondary N) is 2. The summed E-state index contributed by atoms with van der Waals surface area (Å²) in [5.74, 6) is -1.43. The van der Waals surface area contributed by atoms with Crippen molar-refractivity contribution in [3.05, 3.63) is 110 Å². The van der Waals surface area contributed by atoms with E-state index >= 15 is 0 Å². The second-order valence-corrected chi connectivity index (χ2v) is 12.7. The molecular weight excluding hydrogens is 637 g/mol. The summed E-state index contributed by atoms with van der Waals surface area (Å²) >= 11 is 2.73. The van der Waals surface area contributed by atoms with Gasteiger partial charge in [-0.3, -0.25) is 19.2 Å². The van der Waals surface area contributed by atoms with Crippen LogP contribution >= 0.6 is 22.7 Å². The molecule has 2 aromatic heterocycles. The molecule has 0 radical (unpaired) electrons. The minimum Gasteiger partial charge on any atom is -0.376 e. The fourth-order valence-corrected chi connectivity index (χ4v) is 7.54. The number of anilines is 2. The Morgan fingerprint density at radius 1 is 0.745 bits per heavy atom. The third kappa shape index (κ3) is 9.23. The highest BCUT2D eigenvalue weighted by atomic mass is 32.1. The number of rotatable bonds is 9. The average Bonchev–Trinajstić information content (AvgIpc) is 3.61. The molecule has 10 nitrogen and oxygen atoms in total. The lowest BCUT2D eigenvalue weighted by Crippen LogP contribution is -2.19. The molecule has 12 heteroatoms. The highest BCUT2D eigenvalue weighted by molar-refractivity contribution is 7.17. The van der Waals surface area contributed by atoms with E-state index in [1.54, 1.807) is 6.08 Å². The lowest BCUT2D eigenvalue weighted by molar-refractivity contribution is -0.116. The standard InChI is InChI=1S/C17H18N2O3S.C17H16N2O3S.CH4/c2*18-16(21)15-12-8-9-22-10-13(12)23-17(15)19-14(20)7-6-11-4-2-1-3-5-11;/h1-5H,6-10H2,(H2,18,21)(H,19,20);1-7H,8-10H2,(H2,18,21)(H,19,20);1H4/b;7-6+;. The number of ether oxygens (including phenoxy) is 2. The monoisotopic (exact) mass is 674 g/mol. The third-order valence-electron chi connectivity index (χ3n) is 7.33. The topological polar surface area (TPSA) is 163 Å². The average molecular weight is 675 g/mol. The maximum atomic E-state index is 12.2. The summed E-state index contributed by atoms with van der Waals surface area (Å²) < 4.78 is 10.8. The fraction of sp³-hybridized carbons (Fsp3) is 0.257. The molecule has 0 aliphatic carbocycles. The lowest BCUT2D eigenvalue weighted by Gasteiger charge is -2.12. The van der Waals surface area contributed by atoms with Crippen LogP contribution < -0.4 is 22.1 Å². The summed E-state index contributed by atoms with van der Waals surface area (Å²) in [6.07, 6.45) is 5.48.